The number of pyridine rings is 1. The van der Waals surface area contributed by atoms with Crippen molar-refractivity contribution in [2.24, 2.45) is 5.10 Å². The molecule has 0 bridgehead atoms. The molecule has 5 nitrogen and oxygen atoms in total. The predicted octanol–water partition coefficient (Wildman–Crippen LogP) is 3.79. The molecule has 0 unspecified atom stereocenters. The first-order valence-electron chi connectivity index (χ1n) is 8.11. The Balaban J connectivity index is 1.62. The first kappa shape index (κ1) is 17.9. The maximum atomic E-state index is 12.1. The van der Waals surface area contributed by atoms with E-state index in [1.165, 1.54) is 11.8 Å². The molecule has 0 aliphatic rings. The highest BCUT2D eigenvalue weighted by Gasteiger charge is 2.07. The average Bonchev–Trinajstić information content (AvgIpc) is 2.66. The van der Waals surface area contributed by atoms with Crippen molar-refractivity contribution < 1.29 is 9.53 Å². The van der Waals surface area contributed by atoms with Gasteiger partial charge in [0.05, 0.1) is 24.6 Å². The van der Waals surface area contributed by atoms with Crippen molar-refractivity contribution in [3.05, 3.63) is 65.9 Å². The summed E-state index contributed by atoms with van der Waals surface area (Å²) >= 11 is 1.48. The molecule has 3 rings (SSSR count). The number of hydrogen-bond donors (Lipinski definition) is 1. The van der Waals surface area contributed by atoms with Gasteiger partial charge in [0.1, 0.15) is 5.75 Å². The summed E-state index contributed by atoms with van der Waals surface area (Å²) in [6.07, 6.45) is 1.58. The zero-order valence-corrected chi connectivity index (χ0v) is 15.4. The van der Waals surface area contributed by atoms with Crippen molar-refractivity contribution in [1.29, 1.82) is 0 Å². The number of methoxy groups -OCH3 is 1. The third kappa shape index (κ3) is 4.40. The van der Waals surface area contributed by atoms with Crippen LogP contribution in [-0.2, 0) is 4.79 Å². The number of amides is 1. The van der Waals surface area contributed by atoms with Crippen LogP contribution in [0.2, 0.25) is 0 Å². The lowest BCUT2D eigenvalue weighted by atomic mass is 10.2. The van der Waals surface area contributed by atoms with Crippen LogP contribution in [0.3, 0.4) is 0 Å². The fraction of sp³-hybridized carbons (Fsp3) is 0.150. The smallest absolute Gasteiger partial charge is 0.250 e. The molecule has 0 radical (unpaired) electrons. The number of nitrogens with one attached hydrogen (secondary N) is 1. The van der Waals surface area contributed by atoms with Crippen LogP contribution in [0.5, 0.6) is 5.75 Å². The lowest BCUT2D eigenvalue weighted by molar-refractivity contribution is -0.118. The minimum atomic E-state index is -0.167. The molecule has 0 spiro atoms. The quantitative estimate of drug-likeness (QED) is 0.410. The van der Waals surface area contributed by atoms with E-state index >= 15 is 0 Å². The maximum absolute atomic E-state index is 12.1. The van der Waals surface area contributed by atoms with Gasteiger partial charge in [-0.3, -0.25) is 9.78 Å². The van der Waals surface area contributed by atoms with Crippen molar-refractivity contribution in [1.82, 2.24) is 10.4 Å². The molecule has 26 heavy (non-hydrogen) atoms. The molecule has 0 atom stereocenters. The molecule has 2 aromatic carbocycles. The summed E-state index contributed by atoms with van der Waals surface area (Å²) in [6, 6.07) is 17.4. The number of hydrogen-bond acceptors (Lipinski definition) is 5. The van der Waals surface area contributed by atoms with Crippen molar-refractivity contribution in [2.75, 3.05) is 12.9 Å². The number of para-hydroxylation sites is 2. The molecule has 1 N–H and O–H groups in total. The zero-order chi connectivity index (χ0) is 18.4. The Bertz CT molecular complexity index is 957. The Kier molecular flexibility index (Phi) is 5.86. The number of ether oxygens (including phenoxy) is 1. The van der Waals surface area contributed by atoms with Gasteiger partial charge in [-0.15, -0.1) is 11.8 Å². The summed E-state index contributed by atoms with van der Waals surface area (Å²) in [5.74, 6) is 0.815. The topological polar surface area (TPSA) is 63.6 Å². The van der Waals surface area contributed by atoms with E-state index in [4.69, 9.17) is 4.74 Å². The fourth-order valence-electron chi connectivity index (χ4n) is 2.51. The number of thioether (sulfide) groups is 1. The van der Waals surface area contributed by atoms with E-state index in [0.717, 1.165) is 27.1 Å². The van der Waals surface area contributed by atoms with Crippen molar-refractivity contribution >= 4 is 34.8 Å². The van der Waals surface area contributed by atoms with Gasteiger partial charge in [0.15, 0.2) is 0 Å². The first-order chi connectivity index (χ1) is 12.7. The van der Waals surface area contributed by atoms with Gasteiger partial charge < -0.3 is 4.74 Å². The Morgan fingerprint density at radius 3 is 2.85 bits per heavy atom. The Morgan fingerprint density at radius 1 is 1.23 bits per heavy atom. The number of hydrazone groups is 1. The molecule has 1 aromatic heterocycles. The standard InChI is InChI=1S/C20H19N3O2S/c1-14-11-19(16-8-4-5-9-17(16)22-14)26-13-20(24)23-21-12-15-7-3-6-10-18(15)25-2/h3-12H,13H2,1-2H3,(H,23,24). The van der Waals surface area contributed by atoms with Crippen LogP contribution in [0.1, 0.15) is 11.3 Å². The van der Waals surface area contributed by atoms with Crippen LogP contribution in [0, 0.1) is 6.92 Å². The monoisotopic (exact) mass is 365 g/mol. The second kappa shape index (κ2) is 8.49. The Hall–Kier alpha value is -2.86. The van der Waals surface area contributed by atoms with Gasteiger partial charge in [-0.25, -0.2) is 5.43 Å². The summed E-state index contributed by atoms with van der Waals surface area (Å²) < 4.78 is 5.25. The Morgan fingerprint density at radius 2 is 2.00 bits per heavy atom. The lowest BCUT2D eigenvalue weighted by Gasteiger charge is -2.07. The molecule has 1 amide bonds. The SMILES string of the molecule is COc1ccccc1C=NNC(=O)CSc1cc(C)nc2ccccc12. The van der Waals surface area contributed by atoms with Crippen LogP contribution in [0.25, 0.3) is 10.9 Å². The second-order valence-electron chi connectivity index (χ2n) is 5.60. The van der Waals surface area contributed by atoms with E-state index in [9.17, 15) is 4.79 Å². The number of carbonyl (C=O) groups is 1. The number of nitrogens with zero attached hydrogens (tertiary/aromatic N) is 2. The van der Waals surface area contributed by atoms with E-state index in [1.54, 1.807) is 13.3 Å². The molecular formula is C20H19N3O2S. The third-order valence-corrected chi connectivity index (χ3v) is 4.75. The number of benzene rings is 2. The van der Waals surface area contributed by atoms with Gasteiger partial charge in [0, 0.05) is 21.5 Å². The minimum Gasteiger partial charge on any atom is -0.496 e. The van der Waals surface area contributed by atoms with E-state index in [-0.39, 0.29) is 11.7 Å². The van der Waals surface area contributed by atoms with Crippen LogP contribution in [0.15, 0.2) is 64.6 Å². The zero-order valence-electron chi connectivity index (χ0n) is 14.6. The first-order valence-corrected chi connectivity index (χ1v) is 9.10. The Labute approximate surface area is 156 Å². The molecule has 3 aromatic rings. The van der Waals surface area contributed by atoms with Gasteiger partial charge in [0.25, 0.3) is 0 Å². The average molecular weight is 365 g/mol. The number of fused-ring (bicyclic) bond motifs is 1. The van der Waals surface area contributed by atoms with Gasteiger partial charge in [-0.05, 0) is 31.2 Å². The van der Waals surface area contributed by atoms with Gasteiger partial charge in [0.2, 0.25) is 5.91 Å². The van der Waals surface area contributed by atoms with Crippen LogP contribution < -0.4 is 10.2 Å². The van der Waals surface area contributed by atoms with E-state index < -0.39 is 0 Å². The molecular weight excluding hydrogens is 346 g/mol. The van der Waals surface area contributed by atoms with E-state index in [2.05, 4.69) is 15.5 Å². The molecule has 0 aliphatic carbocycles. The molecule has 0 fully saturated rings. The highest BCUT2D eigenvalue weighted by Crippen LogP contribution is 2.27. The predicted molar refractivity (Wildman–Crippen MR) is 106 cm³/mol. The molecule has 0 saturated carbocycles. The number of carbonyl (C=O) groups excluding carboxylic acids is 1. The summed E-state index contributed by atoms with van der Waals surface area (Å²) in [4.78, 5) is 17.6. The largest absolute Gasteiger partial charge is 0.496 e. The third-order valence-electron chi connectivity index (χ3n) is 3.70. The minimum absolute atomic E-state index is 0.167. The normalized spacial score (nSPS) is 11.0. The van der Waals surface area contributed by atoms with Gasteiger partial charge >= 0.3 is 0 Å². The van der Waals surface area contributed by atoms with Gasteiger partial charge in [-0.1, -0.05) is 30.3 Å². The summed E-state index contributed by atoms with van der Waals surface area (Å²) in [6.45, 7) is 1.95. The van der Waals surface area contributed by atoms with Crippen LogP contribution in [0.4, 0.5) is 0 Å². The van der Waals surface area contributed by atoms with Crippen LogP contribution >= 0.6 is 11.8 Å². The fourth-order valence-corrected chi connectivity index (χ4v) is 3.44. The van der Waals surface area contributed by atoms with E-state index in [1.807, 2.05) is 61.5 Å². The molecule has 0 aliphatic heterocycles. The maximum Gasteiger partial charge on any atom is 0.250 e. The number of aryl methyl sites for hydroxylation is 1. The number of rotatable bonds is 6. The summed E-state index contributed by atoms with van der Waals surface area (Å²) in [7, 11) is 1.60. The summed E-state index contributed by atoms with van der Waals surface area (Å²) in [5, 5.41) is 5.06. The highest BCUT2D eigenvalue weighted by molar-refractivity contribution is 8.00. The van der Waals surface area contributed by atoms with Crippen molar-refractivity contribution in [3.8, 4) is 5.75 Å². The highest BCUT2D eigenvalue weighted by atomic mass is 32.2. The molecule has 1 heterocycles. The second-order valence-corrected chi connectivity index (χ2v) is 6.62. The number of aromatic nitrogens is 1. The van der Waals surface area contributed by atoms with Crippen molar-refractivity contribution in [3.63, 3.8) is 0 Å². The van der Waals surface area contributed by atoms with E-state index in [0.29, 0.717) is 5.75 Å². The molecule has 132 valence electrons. The lowest BCUT2D eigenvalue weighted by Crippen LogP contribution is -2.19. The van der Waals surface area contributed by atoms with Crippen LogP contribution in [-0.4, -0.2) is 30.0 Å². The molecule has 6 heteroatoms. The van der Waals surface area contributed by atoms with Gasteiger partial charge in [-0.2, -0.15) is 5.10 Å². The van der Waals surface area contributed by atoms with Crippen molar-refractivity contribution in [2.45, 2.75) is 11.8 Å². The summed E-state index contributed by atoms with van der Waals surface area (Å²) in [5.41, 5.74) is 5.22. The molecule has 0 saturated heterocycles.